The minimum atomic E-state index is 0.663. The quantitative estimate of drug-likeness (QED) is 0.194. The molecule has 0 aliphatic rings. The molecule has 0 saturated carbocycles. The summed E-state index contributed by atoms with van der Waals surface area (Å²) < 4.78 is 8.80. The number of para-hydroxylation sites is 1. The molecule has 7 aromatic carbocycles. The lowest BCUT2D eigenvalue weighted by Crippen LogP contribution is -1.97. The summed E-state index contributed by atoms with van der Waals surface area (Å²) in [7, 11) is 0. The van der Waals surface area contributed by atoms with Crippen molar-refractivity contribution >= 4 is 64.2 Å². The van der Waals surface area contributed by atoms with Crippen LogP contribution in [0.3, 0.4) is 0 Å². The van der Waals surface area contributed by atoms with E-state index in [1.165, 1.54) is 36.5 Å². The van der Waals surface area contributed by atoms with Crippen molar-refractivity contribution in [1.29, 1.82) is 0 Å². The molecule has 0 aliphatic carbocycles. The molecule has 3 aromatic heterocycles. The van der Waals surface area contributed by atoms with Crippen molar-refractivity contribution in [2.45, 2.75) is 0 Å². The Labute approximate surface area is 280 Å². The molecule has 0 saturated heterocycles. The number of rotatable bonds is 4. The number of fused-ring (bicyclic) bond motifs is 7. The molecule has 0 atom stereocenters. The van der Waals surface area contributed by atoms with Gasteiger partial charge in [0.25, 0.3) is 0 Å². The average Bonchev–Trinajstić information content (AvgIpc) is 3.72. The Bertz CT molecular complexity index is 2860. The van der Waals surface area contributed by atoms with Crippen LogP contribution >= 0.6 is 11.3 Å². The van der Waals surface area contributed by atoms with Crippen molar-refractivity contribution in [1.82, 2.24) is 9.97 Å². The maximum Gasteiger partial charge on any atom is 0.160 e. The Hall–Kier alpha value is -6.10. The number of nitrogens with zero attached hydrogens (tertiary/aromatic N) is 2. The van der Waals surface area contributed by atoms with Crippen molar-refractivity contribution < 1.29 is 4.42 Å². The maximum absolute atomic E-state index is 6.30. The Morgan fingerprint density at radius 3 is 1.96 bits per heavy atom. The SMILES string of the molecule is c1ccc(-c2cccc3ccccc23)c(-c2cc(-c3cccc4c3sc3ccccc34)nc(-c3ccc4c(c3)oc3ccccc34)n2)c1. The summed E-state index contributed by atoms with van der Waals surface area (Å²) in [5.74, 6) is 0.663. The Balaban J connectivity index is 1.24. The van der Waals surface area contributed by atoms with Crippen LogP contribution in [0.1, 0.15) is 0 Å². The number of benzene rings is 7. The van der Waals surface area contributed by atoms with E-state index >= 15 is 0 Å². The van der Waals surface area contributed by atoms with Crippen molar-refractivity contribution in [2.24, 2.45) is 0 Å². The predicted octanol–water partition coefficient (Wildman–Crippen LogP) is 12.6. The van der Waals surface area contributed by atoms with Gasteiger partial charge in [0.1, 0.15) is 11.2 Å². The molecule has 3 heterocycles. The second kappa shape index (κ2) is 10.7. The lowest BCUT2D eigenvalue weighted by Gasteiger charge is -2.14. The first-order valence-corrected chi connectivity index (χ1v) is 16.9. The van der Waals surface area contributed by atoms with Gasteiger partial charge in [-0.1, -0.05) is 127 Å². The molecular formula is C44H26N2OS. The molecule has 0 radical (unpaired) electrons. The second-order valence-corrected chi connectivity index (χ2v) is 13.2. The topological polar surface area (TPSA) is 38.9 Å². The summed E-state index contributed by atoms with van der Waals surface area (Å²) in [4.78, 5) is 10.6. The zero-order valence-corrected chi connectivity index (χ0v) is 26.5. The molecule has 48 heavy (non-hydrogen) atoms. The molecule has 224 valence electrons. The molecule has 10 rings (SSSR count). The van der Waals surface area contributed by atoms with Gasteiger partial charge in [0.2, 0.25) is 0 Å². The minimum Gasteiger partial charge on any atom is -0.456 e. The third-order valence-corrected chi connectivity index (χ3v) is 10.5. The van der Waals surface area contributed by atoms with Crippen LogP contribution in [0, 0.1) is 0 Å². The van der Waals surface area contributed by atoms with E-state index in [-0.39, 0.29) is 0 Å². The van der Waals surface area contributed by atoms with E-state index in [0.717, 1.165) is 55.6 Å². The van der Waals surface area contributed by atoms with Gasteiger partial charge in [-0.05, 0) is 52.2 Å². The van der Waals surface area contributed by atoms with Crippen molar-refractivity contribution in [3.8, 4) is 45.0 Å². The van der Waals surface area contributed by atoms with E-state index in [0.29, 0.717) is 5.82 Å². The summed E-state index contributed by atoms with van der Waals surface area (Å²) in [6.45, 7) is 0. The van der Waals surface area contributed by atoms with Crippen LogP contribution in [0.4, 0.5) is 0 Å². The first-order valence-electron chi connectivity index (χ1n) is 16.1. The molecule has 0 spiro atoms. The average molecular weight is 631 g/mol. The molecule has 0 aliphatic heterocycles. The molecule has 0 N–H and O–H groups in total. The maximum atomic E-state index is 6.30. The molecule has 0 bridgehead atoms. The summed E-state index contributed by atoms with van der Waals surface area (Å²) in [5, 5.41) is 7.13. The summed E-state index contributed by atoms with van der Waals surface area (Å²) in [6, 6.07) is 55.5. The van der Waals surface area contributed by atoms with Gasteiger partial charge >= 0.3 is 0 Å². The zero-order valence-electron chi connectivity index (χ0n) is 25.7. The summed E-state index contributed by atoms with van der Waals surface area (Å²) in [5.41, 5.74) is 8.87. The van der Waals surface area contributed by atoms with E-state index < -0.39 is 0 Å². The number of furan rings is 1. The van der Waals surface area contributed by atoms with Crippen LogP contribution in [0.2, 0.25) is 0 Å². The predicted molar refractivity (Wildman–Crippen MR) is 201 cm³/mol. The van der Waals surface area contributed by atoms with Crippen LogP contribution in [-0.4, -0.2) is 9.97 Å². The molecule has 0 amide bonds. The molecular weight excluding hydrogens is 605 g/mol. The van der Waals surface area contributed by atoms with E-state index in [1.807, 2.05) is 29.5 Å². The Morgan fingerprint density at radius 2 is 1.04 bits per heavy atom. The van der Waals surface area contributed by atoms with Gasteiger partial charge in [0, 0.05) is 47.6 Å². The largest absolute Gasteiger partial charge is 0.456 e. The van der Waals surface area contributed by atoms with Crippen LogP contribution in [0.25, 0.3) is 97.9 Å². The van der Waals surface area contributed by atoms with Gasteiger partial charge in [0.05, 0.1) is 11.4 Å². The lowest BCUT2D eigenvalue weighted by molar-refractivity contribution is 0.669. The van der Waals surface area contributed by atoms with Gasteiger partial charge in [-0.15, -0.1) is 11.3 Å². The van der Waals surface area contributed by atoms with Crippen LogP contribution < -0.4 is 0 Å². The van der Waals surface area contributed by atoms with Gasteiger partial charge in [-0.25, -0.2) is 9.97 Å². The second-order valence-electron chi connectivity index (χ2n) is 12.1. The lowest BCUT2D eigenvalue weighted by atomic mass is 9.93. The van der Waals surface area contributed by atoms with Crippen LogP contribution in [0.15, 0.2) is 162 Å². The van der Waals surface area contributed by atoms with E-state index in [2.05, 4.69) is 140 Å². The van der Waals surface area contributed by atoms with Crippen LogP contribution in [0.5, 0.6) is 0 Å². The van der Waals surface area contributed by atoms with E-state index in [9.17, 15) is 0 Å². The number of thiophene rings is 1. The van der Waals surface area contributed by atoms with Crippen LogP contribution in [-0.2, 0) is 0 Å². The smallest absolute Gasteiger partial charge is 0.160 e. The molecule has 3 nitrogen and oxygen atoms in total. The summed E-state index contributed by atoms with van der Waals surface area (Å²) >= 11 is 1.82. The molecule has 0 unspecified atom stereocenters. The number of aromatic nitrogens is 2. The molecule has 10 aromatic rings. The van der Waals surface area contributed by atoms with E-state index in [1.54, 1.807) is 0 Å². The Morgan fingerprint density at radius 1 is 0.417 bits per heavy atom. The normalized spacial score (nSPS) is 11.8. The highest BCUT2D eigenvalue weighted by Gasteiger charge is 2.18. The fourth-order valence-corrected chi connectivity index (χ4v) is 8.29. The fourth-order valence-electron chi connectivity index (χ4n) is 7.07. The first-order chi connectivity index (χ1) is 23.8. The van der Waals surface area contributed by atoms with Crippen molar-refractivity contribution in [3.05, 3.63) is 158 Å². The van der Waals surface area contributed by atoms with Gasteiger partial charge in [0.15, 0.2) is 5.82 Å². The standard InChI is InChI=1S/C44H26N2OS/c1-2-13-29-27(11-1)12-9-18-30(29)31-14-3-4-15-32(31)38-26-39(37-20-10-19-36-35-17-6-8-22-42(35)48-43(36)37)46-44(45-38)28-23-24-34-33-16-5-7-21-40(33)47-41(34)25-28/h1-26H. The highest BCUT2D eigenvalue weighted by atomic mass is 32.1. The van der Waals surface area contributed by atoms with Gasteiger partial charge in [-0.3, -0.25) is 0 Å². The fraction of sp³-hybridized carbons (Fsp3) is 0. The number of hydrogen-bond donors (Lipinski definition) is 0. The summed E-state index contributed by atoms with van der Waals surface area (Å²) in [6.07, 6.45) is 0. The highest BCUT2D eigenvalue weighted by Crippen LogP contribution is 2.42. The van der Waals surface area contributed by atoms with Crippen molar-refractivity contribution in [2.75, 3.05) is 0 Å². The van der Waals surface area contributed by atoms with Gasteiger partial charge < -0.3 is 4.42 Å². The highest BCUT2D eigenvalue weighted by molar-refractivity contribution is 7.26. The monoisotopic (exact) mass is 630 g/mol. The Kier molecular flexibility index (Phi) is 6.05. The van der Waals surface area contributed by atoms with E-state index in [4.69, 9.17) is 14.4 Å². The van der Waals surface area contributed by atoms with Crippen molar-refractivity contribution in [3.63, 3.8) is 0 Å². The van der Waals surface area contributed by atoms with Gasteiger partial charge in [-0.2, -0.15) is 0 Å². The third kappa shape index (κ3) is 4.27. The molecule has 0 fully saturated rings. The molecule has 4 heteroatoms. The number of hydrogen-bond acceptors (Lipinski definition) is 4. The minimum absolute atomic E-state index is 0.663. The zero-order chi connectivity index (χ0) is 31.6. The third-order valence-electron chi connectivity index (χ3n) is 9.33. The first kappa shape index (κ1) is 27.1.